The van der Waals surface area contributed by atoms with E-state index in [1.807, 2.05) is 0 Å². The first-order chi connectivity index (χ1) is 20.9. The molecule has 3 aromatic carbocycles. The molecule has 0 amide bonds. The number of alkyl halides is 6. The van der Waals surface area contributed by atoms with Gasteiger partial charge in [0.25, 0.3) is 0 Å². The van der Waals surface area contributed by atoms with Crippen LogP contribution >= 0.6 is 0 Å². The third-order valence-electron chi connectivity index (χ3n) is 6.20. The van der Waals surface area contributed by atoms with Crippen molar-refractivity contribution in [3.63, 3.8) is 0 Å². The number of aryl methyl sites for hydroxylation is 1. The van der Waals surface area contributed by atoms with Gasteiger partial charge in [0.2, 0.25) is 0 Å². The van der Waals surface area contributed by atoms with Gasteiger partial charge >= 0.3 is 12.5 Å². The van der Waals surface area contributed by atoms with Crippen molar-refractivity contribution >= 4 is 21.2 Å². The Kier molecular flexibility index (Phi) is 9.12. The van der Waals surface area contributed by atoms with Crippen molar-refractivity contribution in [3.05, 3.63) is 84.1 Å². The molecule has 1 heterocycles. The number of aromatic nitrogens is 1. The highest BCUT2D eigenvalue weighted by Crippen LogP contribution is 2.40. The van der Waals surface area contributed by atoms with Crippen LogP contribution in [0.1, 0.15) is 11.5 Å². The van der Waals surface area contributed by atoms with E-state index in [0.29, 0.717) is 6.08 Å². The fourth-order valence-corrected chi connectivity index (χ4v) is 5.18. The number of halogens is 7. The Morgan fingerprint density at radius 2 is 1.67 bits per heavy atom. The van der Waals surface area contributed by atoms with Gasteiger partial charge in [0, 0.05) is 41.8 Å². The largest absolute Gasteiger partial charge is 0.573 e. The summed E-state index contributed by atoms with van der Waals surface area (Å²) in [6, 6.07) is 10.9. The van der Waals surface area contributed by atoms with Crippen LogP contribution < -0.4 is 10.1 Å². The second kappa shape index (κ2) is 12.4. The molecule has 16 heteroatoms. The molecule has 0 spiro atoms. The molecule has 0 atom stereocenters. The summed E-state index contributed by atoms with van der Waals surface area (Å²) in [6.07, 6.45) is -7.70. The summed E-state index contributed by atoms with van der Waals surface area (Å²) >= 11 is 0. The van der Waals surface area contributed by atoms with Crippen molar-refractivity contribution in [2.45, 2.75) is 31.0 Å². The van der Waals surface area contributed by atoms with E-state index in [1.54, 1.807) is 0 Å². The minimum absolute atomic E-state index is 0.00331. The Morgan fingerprint density at radius 1 is 1.02 bits per heavy atom. The molecule has 0 saturated heterocycles. The first-order valence-electron chi connectivity index (χ1n) is 12.6. The maximum atomic E-state index is 14.9. The van der Waals surface area contributed by atoms with Crippen LogP contribution in [0.15, 0.2) is 76.2 Å². The topological polar surface area (TPSA) is 126 Å². The molecule has 4 rings (SSSR count). The number of hydrogen-bond acceptors (Lipinski definition) is 8. The van der Waals surface area contributed by atoms with Gasteiger partial charge in [0.1, 0.15) is 23.0 Å². The molecular formula is C29H22F7N3O5S. The van der Waals surface area contributed by atoms with Gasteiger partial charge in [-0.05, 0) is 65.7 Å². The fraction of sp³-hybridized carbons (Fsp3) is 0.172. The molecule has 3 N–H and O–H groups in total. The predicted octanol–water partition coefficient (Wildman–Crippen LogP) is 7.43. The molecular weight excluding hydrogens is 635 g/mol. The van der Waals surface area contributed by atoms with Gasteiger partial charge < -0.3 is 19.6 Å². The molecule has 0 saturated carbocycles. The van der Waals surface area contributed by atoms with Crippen LogP contribution in [-0.4, -0.2) is 43.0 Å². The van der Waals surface area contributed by atoms with Crippen molar-refractivity contribution in [1.29, 1.82) is 5.41 Å². The maximum absolute atomic E-state index is 14.9. The third-order valence-corrected chi connectivity index (χ3v) is 7.36. The second-order valence-electron chi connectivity index (χ2n) is 9.50. The van der Waals surface area contributed by atoms with E-state index in [9.17, 15) is 44.3 Å². The standard InChI is InChI=1S/C29H22F7N3O5S/c1-15-39-26(16-3-6-19(7-4-16)44-29(34,35)36)27(43-15)20-11-17(5-8-23(20)38-10-9-25(37)28(31,32)33)18-12-22(30)21(14-40)24(13-18)45(2,41)42/h3-13,37-38,40H,14H2,1-2H3/b10-9-,37-25?. The minimum atomic E-state index is -4.93. The molecule has 0 fully saturated rings. The Labute approximate surface area is 251 Å². The lowest BCUT2D eigenvalue weighted by Crippen LogP contribution is -2.19. The smallest absolute Gasteiger partial charge is 0.440 e. The molecule has 1 aromatic heterocycles. The number of rotatable bonds is 9. The quantitative estimate of drug-likeness (QED) is 0.126. The van der Waals surface area contributed by atoms with Gasteiger partial charge in [-0.15, -0.1) is 13.2 Å². The predicted molar refractivity (Wildman–Crippen MR) is 150 cm³/mol. The van der Waals surface area contributed by atoms with Gasteiger partial charge in [0.15, 0.2) is 21.5 Å². The normalized spacial score (nSPS) is 12.5. The Hall–Kier alpha value is -4.70. The summed E-state index contributed by atoms with van der Waals surface area (Å²) in [5.74, 6) is -1.43. The maximum Gasteiger partial charge on any atom is 0.573 e. The molecule has 0 aliphatic heterocycles. The fourth-order valence-electron chi connectivity index (χ4n) is 4.23. The minimum Gasteiger partial charge on any atom is -0.440 e. The number of ether oxygens (including phenoxy) is 1. The van der Waals surface area contributed by atoms with Gasteiger partial charge in [-0.25, -0.2) is 17.8 Å². The number of aliphatic hydroxyl groups is 1. The van der Waals surface area contributed by atoms with Crippen LogP contribution in [0.3, 0.4) is 0 Å². The zero-order valence-corrected chi connectivity index (χ0v) is 24.0. The number of aliphatic hydroxyl groups excluding tert-OH is 1. The highest BCUT2D eigenvalue weighted by Gasteiger charge is 2.32. The van der Waals surface area contributed by atoms with Crippen LogP contribution in [0.5, 0.6) is 5.75 Å². The number of allylic oxidation sites excluding steroid dienone is 1. The molecule has 4 aromatic rings. The number of nitrogens with zero attached hydrogens (tertiary/aromatic N) is 1. The Bertz CT molecular complexity index is 1880. The zero-order chi connectivity index (χ0) is 33.3. The summed E-state index contributed by atoms with van der Waals surface area (Å²) in [7, 11) is -4.00. The lowest BCUT2D eigenvalue weighted by Gasteiger charge is -2.14. The lowest BCUT2D eigenvalue weighted by atomic mass is 9.97. The molecule has 0 aliphatic rings. The zero-order valence-electron chi connectivity index (χ0n) is 23.1. The van der Waals surface area contributed by atoms with E-state index in [0.717, 1.165) is 36.7 Å². The SMILES string of the molecule is Cc1nc(-c2ccc(OC(F)(F)F)cc2)c(-c2cc(-c3cc(F)c(CO)c(S(C)(=O)=O)c3)ccc2N/C=C\C(=N)C(F)(F)F)o1. The summed E-state index contributed by atoms with van der Waals surface area (Å²) in [6.45, 7) is 0.576. The van der Waals surface area contributed by atoms with E-state index in [2.05, 4.69) is 15.0 Å². The Balaban J connectivity index is 1.89. The number of nitrogens with one attached hydrogen (secondary N) is 2. The second-order valence-corrected chi connectivity index (χ2v) is 11.5. The van der Waals surface area contributed by atoms with Gasteiger partial charge in [-0.3, -0.25) is 5.41 Å². The lowest BCUT2D eigenvalue weighted by molar-refractivity contribution is -0.274. The first-order valence-corrected chi connectivity index (χ1v) is 14.5. The molecule has 45 heavy (non-hydrogen) atoms. The monoisotopic (exact) mass is 657 g/mol. The summed E-state index contributed by atoms with van der Waals surface area (Å²) in [4.78, 5) is 3.84. The third kappa shape index (κ3) is 7.88. The van der Waals surface area contributed by atoms with Crippen molar-refractivity contribution in [3.8, 4) is 39.5 Å². The van der Waals surface area contributed by atoms with Crippen molar-refractivity contribution in [2.24, 2.45) is 0 Å². The first kappa shape index (κ1) is 33.2. The molecule has 238 valence electrons. The summed E-state index contributed by atoms with van der Waals surface area (Å²) in [5, 5.41) is 19.3. The van der Waals surface area contributed by atoms with E-state index in [4.69, 9.17) is 9.83 Å². The molecule has 8 nitrogen and oxygen atoms in total. The average Bonchev–Trinajstić information content (AvgIpc) is 3.32. The van der Waals surface area contributed by atoms with Gasteiger partial charge in [0.05, 0.1) is 11.5 Å². The highest BCUT2D eigenvalue weighted by atomic mass is 32.2. The number of benzene rings is 3. The van der Waals surface area contributed by atoms with Crippen LogP contribution in [-0.2, 0) is 16.4 Å². The molecule has 0 aliphatic carbocycles. The van der Waals surface area contributed by atoms with Crippen LogP contribution in [0, 0.1) is 18.2 Å². The molecule has 0 unspecified atom stereocenters. The summed E-state index contributed by atoms with van der Waals surface area (Å²) < 4.78 is 126. The number of hydrogen-bond donors (Lipinski definition) is 3. The van der Waals surface area contributed by atoms with E-state index >= 15 is 0 Å². The highest BCUT2D eigenvalue weighted by molar-refractivity contribution is 7.90. The molecule has 0 radical (unpaired) electrons. The van der Waals surface area contributed by atoms with Crippen LogP contribution in [0.2, 0.25) is 0 Å². The van der Waals surface area contributed by atoms with Crippen LogP contribution in [0.25, 0.3) is 33.7 Å². The Morgan fingerprint density at radius 3 is 2.24 bits per heavy atom. The van der Waals surface area contributed by atoms with E-state index in [-0.39, 0.29) is 45.3 Å². The van der Waals surface area contributed by atoms with Crippen molar-refractivity contribution < 1.29 is 53.4 Å². The van der Waals surface area contributed by atoms with E-state index in [1.165, 1.54) is 37.3 Å². The molecule has 0 bridgehead atoms. The van der Waals surface area contributed by atoms with Crippen LogP contribution in [0.4, 0.5) is 36.4 Å². The van der Waals surface area contributed by atoms with Gasteiger partial charge in [-0.1, -0.05) is 6.07 Å². The van der Waals surface area contributed by atoms with E-state index < -0.39 is 56.7 Å². The number of anilines is 1. The number of oxazole rings is 1. The average molecular weight is 658 g/mol. The summed E-state index contributed by atoms with van der Waals surface area (Å²) in [5.41, 5.74) is -1.23. The number of sulfone groups is 1. The van der Waals surface area contributed by atoms with Crippen molar-refractivity contribution in [2.75, 3.05) is 11.6 Å². The van der Waals surface area contributed by atoms with Gasteiger partial charge in [-0.2, -0.15) is 13.2 Å². The van der Waals surface area contributed by atoms with Crippen molar-refractivity contribution in [1.82, 2.24) is 4.98 Å².